The number of aliphatic hydroxyl groups excluding tert-OH is 1. The second-order valence-corrected chi connectivity index (χ2v) is 15.6. The van der Waals surface area contributed by atoms with Crippen LogP contribution in [0.1, 0.15) is 75.1 Å². The van der Waals surface area contributed by atoms with Gasteiger partial charge in [-0.05, 0) is 77.1 Å². The lowest BCUT2D eigenvalue weighted by molar-refractivity contribution is -0.276. The predicted octanol–water partition coefficient (Wildman–Crippen LogP) is 6.86. The van der Waals surface area contributed by atoms with Crippen LogP contribution in [0.5, 0.6) is 0 Å². The zero-order valence-corrected chi connectivity index (χ0v) is 31.9. The highest BCUT2D eigenvalue weighted by atomic mass is 16.7. The van der Waals surface area contributed by atoms with Crippen LogP contribution in [0, 0.1) is 5.92 Å². The molecular formula is C47H46N4O6. The van der Waals surface area contributed by atoms with Crippen molar-refractivity contribution in [3.8, 4) is 11.1 Å². The van der Waals surface area contributed by atoms with Crippen LogP contribution in [0.15, 0.2) is 127 Å². The predicted molar refractivity (Wildman–Crippen MR) is 216 cm³/mol. The number of rotatable bonds is 9. The van der Waals surface area contributed by atoms with Crippen molar-refractivity contribution in [2.75, 3.05) is 31.2 Å². The Bertz CT molecular complexity index is 2250. The van der Waals surface area contributed by atoms with Crippen LogP contribution in [0.4, 0.5) is 5.69 Å². The first-order chi connectivity index (χ1) is 27.8. The highest BCUT2D eigenvalue weighted by molar-refractivity contribution is 6.21. The van der Waals surface area contributed by atoms with E-state index in [4.69, 9.17) is 9.47 Å². The first kappa shape index (κ1) is 37.0. The van der Waals surface area contributed by atoms with E-state index >= 15 is 0 Å². The number of anilines is 1. The van der Waals surface area contributed by atoms with Crippen molar-refractivity contribution in [1.29, 1.82) is 0 Å². The molecule has 0 aliphatic carbocycles. The number of ether oxygens (including phenoxy) is 2. The van der Waals surface area contributed by atoms with E-state index in [1.165, 1.54) is 4.90 Å². The summed E-state index contributed by atoms with van der Waals surface area (Å²) < 4.78 is 13.7. The maximum atomic E-state index is 13.4. The van der Waals surface area contributed by atoms with Crippen molar-refractivity contribution >= 4 is 23.4 Å². The van der Waals surface area contributed by atoms with E-state index in [-0.39, 0.29) is 49.0 Å². The number of hydrogen-bond donors (Lipinski definition) is 2. The van der Waals surface area contributed by atoms with Gasteiger partial charge in [-0.1, -0.05) is 97.9 Å². The summed E-state index contributed by atoms with van der Waals surface area (Å²) >= 11 is 0. The van der Waals surface area contributed by atoms with Crippen LogP contribution in [0.25, 0.3) is 11.1 Å². The number of amides is 3. The fourth-order valence-electron chi connectivity index (χ4n) is 9.00. The molecule has 2 N–H and O–H groups in total. The topological polar surface area (TPSA) is 112 Å². The number of likely N-dealkylation sites (tertiary alicyclic amines) is 1. The van der Waals surface area contributed by atoms with E-state index in [0.29, 0.717) is 24.3 Å². The van der Waals surface area contributed by atoms with E-state index in [1.807, 2.05) is 84.9 Å². The average Bonchev–Trinajstić information content (AvgIpc) is 3.70. The molecule has 57 heavy (non-hydrogen) atoms. The van der Waals surface area contributed by atoms with Crippen LogP contribution in [0.3, 0.4) is 0 Å². The third-order valence-corrected chi connectivity index (χ3v) is 12.3. The molecule has 4 heterocycles. The number of hydrogen-bond acceptors (Lipinski definition) is 8. The Morgan fingerprint density at radius 3 is 2.09 bits per heavy atom. The Morgan fingerprint density at radius 2 is 1.39 bits per heavy atom. The highest BCUT2D eigenvalue weighted by Gasteiger charge is 2.51. The molecule has 0 saturated carbocycles. The molecule has 3 fully saturated rings. The summed E-state index contributed by atoms with van der Waals surface area (Å²) in [6, 6.07) is 41.2. The molecule has 3 saturated heterocycles. The number of piperidine rings is 1. The SMILES string of the molecule is C[C@@H]1[C@H](CN2CCC3(CC2)C(=O)NCN3c2ccccc2)O[C@H](c2cccc(-c3cccc(CN4C(=O)c5ccccc5C4=O)c3)c2)O[C@@H]1c1ccc(CO)cc1. The zero-order chi connectivity index (χ0) is 39.1. The molecule has 1 spiro atoms. The number of nitrogens with zero attached hydrogens (tertiary/aromatic N) is 3. The minimum atomic E-state index is -0.652. The Morgan fingerprint density at radius 1 is 0.719 bits per heavy atom. The molecule has 9 rings (SSSR count). The van der Waals surface area contributed by atoms with Crippen molar-refractivity contribution < 1.29 is 29.0 Å². The van der Waals surface area contributed by atoms with Gasteiger partial charge in [-0.15, -0.1) is 0 Å². The molecule has 290 valence electrons. The molecule has 0 radical (unpaired) electrons. The maximum Gasteiger partial charge on any atom is 0.261 e. The summed E-state index contributed by atoms with van der Waals surface area (Å²) in [6.07, 6.45) is 0.345. The quantitative estimate of drug-likeness (QED) is 0.157. The highest BCUT2D eigenvalue weighted by Crippen LogP contribution is 2.43. The number of nitrogens with one attached hydrogen (secondary N) is 1. The number of carbonyl (C=O) groups is 3. The molecule has 0 unspecified atom stereocenters. The van der Waals surface area contributed by atoms with Crippen molar-refractivity contribution in [2.45, 2.75) is 57.0 Å². The smallest absolute Gasteiger partial charge is 0.261 e. The van der Waals surface area contributed by atoms with Gasteiger partial charge in [0, 0.05) is 36.8 Å². The first-order valence-corrected chi connectivity index (χ1v) is 19.8. The molecule has 5 aromatic rings. The number of para-hydroxylation sites is 1. The van der Waals surface area contributed by atoms with Gasteiger partial charge >= 0.3 is 0 Å². The van der Waals surface area contributed by atoms with Crippen LogP contribution >= 0.6 is 0 Å². The molecular weight excluding hydrogens is 717 g/mol. The van der Waals surface area contributed by atoms with Crippen LogP contribution < -0.4 is 10.2 Å². The van der Waals surface area contributed by atoms with Gasteiger partial charge in [0.25, 0.3) is 11.8 Å². The molecule has 5 aromatic carbocycles. The van der Waals surface area contributed by atoms with Gasteiger partial charge in [0.1, 0.15) is 5.54 Å². The monoisotopic (exact) mass is 762 g/mol. The van der Waals surface area contributed by atoms with Gasteiger partial charge in [-0.3, -0.25) is 19.3 Å². The second kappa shape index (κ2) is 15.4. The molecule has 10 nitrogen and oxygen atoms in total. The maximum absolute atomic E-state index is 13.4. The van der Waals surface area contributed by atoms with Gasteiger partial charge in [0.15, 0.2) is 6.29 Å². The summed E-state index contributed by atoms with van der Waals surface area (Å²) in [5.41, 5.74) is 6.87. The van der Waals surface area contributed by atoms with Crippen LogP contribution in [0.2, 0.25) is 0 Å². The lowest BCUT2D eigenvalue weighted by atomic mass is 9.84. The van der Waals surface area contributed by atoms with Gasteiger partial charge in [0.2, 0.25) is 5.91 Å². The van der Waals surface area contributed by atoms with Crippen LogP contribution in [-0.4, -0.2) is 70.6 Å². The van der Waals surface area contributed by atoms with Crippen molar-refractivity contribution in [3.05, 3.63) is 161 Å². The second-order valence-electron chi connectivity index (χ2n) is 15.6. The first-order valence-electron chi connectivity index (χ1n) is 19.8. The van der Waals surface area contributed by atoms with E-state index in [9.17, 15) is 19.5 Å². The molecule has 4 atom stereocenters. The number of imide groups is 1. The number of carbonyl (C=O) groups excluding carboxylic acids is 3. The fourth-order valence-corrected chi connectivity index (χ4v) is 9.00. The van der Waals surface area contributed by atoms with Crippen molar-refractivity contribution in [1.82, 2.24) is 15.1 Å². The van der Waals surface area contributed by atoms with E-state index in [0.717, 1.165) is 65.0 Å². The molecule has 0 bridgehead atoms. The minimum Gasteiger partial charge on any atom is -0.392 e. The molecule has 10 heteroatoms. The fraction of sp³-hybridized carbons (Fsp3) is 0.298. The zero-order valence-electron chi connectivity index (χ0n) is 31.9. The Balaban J connectivity index is 0.947. The number of fused-ring (bicyclic) bond motifs is 1. The third kappa shape index (κ3) is 6.93. The van der Waals surface area contributed by atoms with E-state index in [2.05, 4.69) is 40.2 Å². The van der Waals surface area contributed by atoms with Crippen molar-refractivity contribution in [2.24, 2.45) is 5.92 Å². The summed E-state index contributed by atoms with van der Waals surface area (Å²) in [7, 11) is 0. The normalized spacial score (nSPS) is 23.2. The standard InChI is InChI=1S/C47H46N4O6/c1-31-41(28-49-23-21-47(22-24-49)46(55)48-30-51(47)38-13-3-2-4-14-38)56-45(57-42(31)34-19-17-32(29-52)18-20-34)37-12-8-11-36(26-37)35-10-7-9-33(25-35)27-50-43(53)39-15-5-6-16-40(39)44(50)54/h2-20,25-26,31,41-42,45,52H,21-24,27-30H2,1H3,(H,48,55)/t31-,41+,42+,45+/m1/s1. The summed E-state index contributed by atoms with van der Waals surface area (Å²) in [5, 5.41) is 12.8. The molecule has 3 amide bonds. The van der Waals surface area contributed by atoms with Crippen molar-refractivity contribution in [3.63, 3.8) is 0 Å². The van der Waals surface area contributed by atoms with Gasteiger partial charge in [-0.25, -0.2) is 0 Å². The number of benzene rings is 5. The third-order valence-electron chi connectivity index (χ3n) is 12.3. The average molecular weight is 763 g/mol. The number of aliphatic hydroxyl groups is 1. The summed E-state index contributed by atoms with van der Waals surface area (Å²) in [5.74, 6) is -0.445. The van der Waals surface area contributed by atoms with Gasteiger partial charge in [-0.2, -0.15) is 0 Å². The van der Waals surface area contributed by atoms with Gasteiger partial charge in [0.05, 0.1) is 43.2 Å². The van der Waals surface area contributed by atoms with E-state index in [1.54, 1.807) is 24.3 Å². The molecule has 4 aliphatic heterocycles. The Hall–Kier alpha value is -5.65. The largest absolute Gasteiger partial charge is 0.392 e. The minimum absolute atomic E-state index is 0.00900. The summed E-state index contributed by atoms with van der Waals surface area (Å²) in [4.78, 5) is 45.5. The van der Waals surface area contributed by atoms with Gasteiger partial charge < -0.3 is 29.7 Å². The van der Waals surface area contributed by atoms with E-state index < -0.39 is 11.8 Å². The molecule has 0 aromatic heterocycles. The lowest BCUT2D eigenvalue weighted by Gasteiger charge is -2.46. The van der Waals surface area contributed by atoms with Crippen LogP contribution in [-0.2, 0) is 27.4 Å². The Labute approximate surface area is 332 Å². The summed E-state index contributed by atoms with van der Waals surface area (Å²) in [6.45, 7) is 5.05. The molecule has 4 aliphatic rings. The Kier molecular flexibility index (Phi) is 9.96. The lowest BCUT2D eigenvalue weighted by Crippen LogP contribution is -2.57.